The number of carboxylic acid groups (broad SMARTS) is 1. The third kappa shape index (κ3) is 4.07. The Kier molecular flexibility index (Phi) is 5.14. The van der Waals surface area contributed by atoms with Crippen LogP contribution in [0.3, 0.4) is 0 Å². The molecular weight excluding hydrogens is 284 g/mol. The predicted octanol–water partition coefficient (Wildman–Crippen LogP) is 1.34. The molecule has 1 unspecified atom stereocenters. The summed E-state index contributed by atoms with van der Waals surface area (Å²) >= 11 is 0. The quantitative estimate of drug-likeness (QED) is 0.830. The predicted molar refractivity (Wildman–Crippen MR) is 81.6 cm³/mol. The van der Waals surface area contributed by atoms with E-state index in [0.717, 1.165) is 11.3 Å². The lowest BCUT2D eigenvalue weighted by Gasteiger charge is -2.29. The highest BCUT2D eigenvalue weighted by Crippen LogP contribution is 2.27. The van der Waals surface area contributed by atoms with Crippen LogP contribution in [-0.2, 0) is 20.8 Å². The van der Waals surface area contributed by atoms with Crippen molar-refractivity contribution in [2.45, 2.75) is 38.6 Å². The number of benzene rings is 1. The molecule has 118 valence electrons. The minimum atomic E-state index is -0.888. The van der Waals surface area contributed by atoms with Crippen LogP contribution in [0.4, 0.5) is 5.69 Å². The third-order valence-electron chi connectivity index (χ3n) is 3.69. The van der Waals surface area contributed by atoms with Crippen molar-refractivity contribution in [3.63, 3.8) is 0 Å². The van der Waals surface area contributed by atoms with Gasteiger partial charge in [-0.1, -0.05) is 18.2 Å². The third-order valence-corrected chi connectivity index (χ3v) is 3.69. The van der Waals surface area contributed by atoms with Crippen molar-refractivity contribution < 1.29 is 19.5 Å². The van der Waals surface area contributed by atoms with E-state index in [2.05, 4.69) is 5.32 Å². The van der Waals surface area contributed by atoms with Gasteiger partial charge < -0.3 is 15.3 Å². The second-order valence-corrected chi connectivity index (χ2v) is 5.51. The number of nitrogens with one attached hydrogen (secondary N) is 1. The average molecular weight is 304 g/mol. The first-order chi connectivity index (χ1) is 10.5. The van der Waals surface area contributed by atoms with E-state index in [1.165, 1.54) is 4.90 Å². The van der Waals surface area contributed by atoms with E-state index in [9.17, 15) is 14.4 Å². The van der Waals surface area contributed by atoms with E-state index >= 15 is 0 Å². The van der Waals surface area contributed by atoms with Gasteiger partial charge in [0, 0.05) is 24.6 Å². The largest absolute Gasteiger partial charge is 0.481 e. The summed E-state index contributed by atoms with van der Waals surface area (Å²) in [6.07, 6.45) is 1.47. The van der Waals surface area contributed by atoms with E-state index in [1.807, 2.05) is 24.3 Å². The van der Waals surface area contributed by atoms with Crippen molar-refractivity contribution in [1.29, 1.82) is 0 Å². The van der Waals surface area contributed by atoms with Crippen LogP contribution in [-0.4, -0.2) is 35.5 Å². The fourth-order valence-electron chi connectivity index (χ4n) is 2.55. The fraction of sp³-hybridized carbons (Fsp3) is 0.438. The molecule has 0 saturated carbocycles. The monoisotopic (exact) mass is 304 g/mol. The van der Waals surface area contributed by atoms with E-state index in [0.29, 0.717) is 19.3 Å². The maximum Gasteiger partial charge on any atom is 0.303 e. The van der Waals surface area contributed by atoms with Crippen LogP contribution in [0.15, 0.2) is 24.3 Å². The molecule has 0 aromatic heterocycles. The van der Waals surface area contributed by atoms with Gasteiger partial charge in [-0.05, 0) is 31.4 Å². The minimum absolute atomic E-state index is 0.00687. The molecule has 6 heteroatoms. The van der Waals surface area contributed by atoms with Gasteiger partial charge in [0.2, 0.25) is 11.8 Å². The molecule has 1 atom stereocenters. The number of para-hydroxylation sites is 1. The zero-order valence-electron chi connectivity index (χ0n) is 12.5. The summed E-state index contributed by atoms with van der Waals surface area (Å²) in [6, 6.07) is 7.33. The average Bonchev–Trinajstić information content (AvgIpc) is 2.48. The van der Waals surface area contributed by atoms with Crippen LogP contribution >= 0.6 is 0 Å². The number of aliphatic carboxylic acids is 1. The number of fused-ring (bicyclic) bond motifs is 1. The van der Waals surface area contributed by atoms with E-state index in [-0.39, 0.29) is 30.8 Å². The Morgan fingerprint density at radius 3 is 2.77 bits per heavy atom. The molecule has 1 aromatic carbocycles. The highest BCUT2D eigenvalue weighted by Gasteiger charge is 2.25. The highest BCUT2D eigenvalue weighted by molar-refractivity contribution is 6.01. The summed E-state index contributed by atoms with van der Waals surface area (Å²) in [5, 5.41) is 11.4. The molecule has 2 rings (SSSR count). The van der Waals surface area contributed by atoms with Gasteiger partial charge in [0.15, 0.2) is 0 Å². The van der Waals surface area contributed by atoms with Crippen molar-refractivity contribution in [2.24, 2.45) is 0 Å². The topological polar surface area (TPSA) is 86.7 Å². The van der Waals surface area contributed by atoms with E-state index < -0.39 is 5.97 Å². The number of hydrogen-bond donors (Lipinski definition) is 2. The Morgan fingerprint density at radius 1 is 1.32 bits per heavy atom. The first-order valence-corrected chi connectivity index (χ1v) is 7.37. The molecule has 0 bridgehead atoms. The zero-order valence-corrected chi connectivity index (χ0v) is 12.5. The maximum absolute atomic E-state index is 12.1. The van der Waals surface area contributed by atoms with Crippen molar-refractivity contribution in [3.05, 3.63) is 29.8 Å². The van der Waals surface area contributed by atoms with Crippen LogP contribution in [0.1, 0.15) is 31.7 Å². The lowest BCUT2D eigenvalue weighted by atomic mass is 10.0. The molecule has 1 heterocycles. The lowest BCUT2D eigenvalue weighted by Crippen LogP contribution is -2.45. The fourth-order valence-corrected chi connectivity index (χ4v) is 2.55. The molecule has 0 radical (unpaired) electrons. The van der Waals surface area contributed by atoms with Crippen molar-refractivity contribution >= 4 is 23.5 Å². The van der Waals surface area contributed by atoms with Crippen LogP contribution in [0.25, 0.3) is 0 Å². The minimum Gasteiger partial charge on any atom is -0.481 e. The molecule has 0 spiro atoms. The van der Waals surface area contributed by atoms with Gasteiger partial charge >= 0.3 is 5.97 Å². The van der Waals surface area contributed by atoms with Gasteiger partial charge in [-0.25, -0.2) is 0 Å². The van der Waals surface area contributed by atoms with Gasteiger partial charge in [0.1, 0.15) is 6.54 Å². The number of rotatable bonds is 6. The van der Waals surface area contributed by atoms with Crippen molar-refractivity contribution in [1.82, 2.24) is 5.32 Å². The van der Waals surface area contributed by atoms with Crippen LogP contribution in [0.2, 0.25) is 0 Å². The summed E-state index contributed by atoms with van der Waals surface area (Å²) in [5.41, 5.74) is 1.85. The van der Waals surface area contributed by atoms with Crippen molar-refractivity contribution in [3.8, 4) is 0 Å². The number of aryl methyl sites for hydroxylation is 1. The molecule has 1 aliphatic rings. The molecular formula is C16H20N2O4. The second kappa shape index (κ2) is 7.06. The number of carbonyl (C=O) groups is 3. The summed E-state index contributed by atoms with van der Waals surface area (Å²) in [4.78, 5) is 36.2. The number of hydrogen-bond acceptors (Lipinski definition) is 3. The smallest absolute Gasteiger partial charge is 0.303 e. The Hall–Kier alpha value is -2.37. The van der Waals surface area contributed by atoms with Crippen LogP contribution in [0.5, 0.6) is 0 Å². The zero-order chi connectivity index (χ0) is 16.1. The first-order valence-electron chi connectivity index (χ1n) is 7.37. The van der Waals surface area contributed by atoms with Crippen LogP contribution < -0.4 is 10.2 Å². The number of carbonyl (C=O) groups excluding carboxylic acids is 2. The number of nitrogens with zero attached hydrogens (tertiary/aromatic N) is 1. The number of amides is 2. The molecule has 0 fully saturated rings. The second-order valence-electron chi connectivity index (χ2n) is 5.51. The van der Waals surface area contributed by atoms with Crippen LogP contribution in [0, 0.1) is 0 Å². The molecule has 2 amide bonds. The van der Waals surface area contributed by atoms with Gasteiger partial charge in [-0.2, -0.15) is 0 Å². The summed E-state index contributed by atoms with van der Waals surface area (Å²) < 4.78 is 0. The molecule has 1 aliphatic heterocycles. The summed E-state index contributed by atoms with van der Waals surface area (Å²) in [6.45, 7) is 1.72. The van der Waals surface area contributed by atoms with Crippen molar-refractivity contribution in [2.75, 3.05) is 11.4 Å². The van der Waals surface area contributed by atoms with E-state index in [4.69, 9.17) is 5.11 Å². The molecule has 2 N–H and O–H groups in total. The molecule has 22 heavy (non-hydrogen) atoms. The lowest BCUT2D eigenvalue weighted by molar-refractivity contribution is -0.137. The Balaban J connectivity index is 1.96. The summed E-state index contributed by atoms with van der Waals surface area (Å²) in [5.74, 6) is -1.23. The van der Waals surface area contributed by atoms with Gasteiger partial charge in [0.05, 0.1) is 0 Å². The Labute approximate surface area is 129 Å². The maximum atomic E-state index is 12.1. The highest BCUT2D eigenvalue weighted by atomic mass is 16.4. The molecule has 6 nitrogen and oxygen atoms in total. The first kappa shape index (κ1) is 16.0. The SMILES string of the molecule is CC(CCC(=O)O)NC(=O)CN1C(=O)CCc2ccccc21. The Bertz CT molecular complexity index is 585. The summed E-state index contributed by atoms with van der Waals surface area (Å²) in [7, 11) is 0. The molecule has 0 aliphatic carbocycles. The number of anilines is 1. The molecule has 0 saturated heterocycles. The normalized spacial score (nSPS) is 15.1. The molecule has 1 aromatic rings. The van der Waals surface area contributed by atoms with Gasteiger partial charge in [-0.3, -0.25) is 14.4 Å². The Morgan fingerprint density at radius 2 is 2.05 bits per heavy atom. The standard InChI is InChI=1S/C16H20N2O4/c1-11(6-9-16(21)22)17-14(19)10-18-13-5-3-2-4-12(13)7-8-15(18)20/h2-5,11H,6-10H2,1H3,(H,17,19)(H,21,22). The van der Waals surface area contributed by atoms with Gasteiger partial charge in [0.25, 0.3) is 0 Å². The van der Waals surface area contributed by atoms with Gasteiger partial charge in [-0.15, -0.1) is 0 Å². The van der Waals surface area contributed by atoms with E-state index in [1.54, 1.807) is 6.92 Å². The number of carboxylic acids is 1.